The zero-order chi connectivity index (χ0) is 55.0. The van der Waals surface area contributed by atoms with E-state index in [-0.39, 0.29) is 0 Å². The molecule has 12 atom stereocenters. The van der Waals surface area contributed by atoms with Gasteiger partial charge in [-0.25, -0.2) is 9.59 Å². The van der Waals surface area contributed by atoms with Crippen LogP contribution in [0.5, 0.6) is 0 Å². The lowest BCUT2D eigenvalue weighted by molar-refractivity contribution is -0.317. The summed E-state index contributed by atoms with van der Waals surface area (Å²) in [5.41, 5.74) is 0.411. The molecular weight excluding hydrogens is 984 g/mol. The molecule has 0 unspecified atom stereocenters. The third-order valence-electron chi connectivity index (χ3n) is 10.4. The number of carboxylic acids is 2. The molecule has 4 N–H and O–H groups in total. The lowest BCUT2D eigenvalue weighted by Gasteiger charge is -2.48. The van der Waals surface area contributed by atoms with Gasteiger partial charge in [-0.1, -0.05) is 30.3 Å². The molecule has 2 saturated heterocycles. The van der Waals surface area contributed by atoms with Gasteiger partial charge in [-0.05, 0) is 5.56 Å². The van der Waals surface area contributed by atoms with E-state index in [2.05, 4.69) is 10.6 Å². The van der Waals surface area contributed by atoms with Crippen LogP contribution < -0.4 is 10.6 Å². The molecule has 404 valence electrons. The number of esters is 8. The highest BCUT2D eigenvalue weighted by atomic mass is 16.7. The van der Waals surface area contributed by atoms with E-state index in [0.29, 0.717) is 5.56 Å². The van der Waals surface area contributed by atoms with Crippen LogP contribution in [0.15, 0.2) is 30.3 Å². The van der Waals surface area contributed by atoms with Crippen molar-refractivity contribution in [1.82, 2.24) is 10.6 Å². The molecule has 28 nitrogen and oxygen atoms in total. The number of rotatable bonds is 24. The number of carboxylic acid groups (broad SMARTS) is 2. The van der Waals surface area contributed by atoms with Gasteiger partial charge in [0.15, 0.2) is 24.4 Å². The summed E-state index contributed by atoms with van der Waals surface area (Å²) in [6, 6.07) is 4.41. The first-order chi connectivity index (χ1) is 34.1. The minimum Gasteiger partial charge on any atom is -0.477 e. The molecule has 0 bridgehead atoms. The van der Waals surface area contributed by atoms with Crippen molar-refractivity contribution in [2.45, 2.75) is 154 Å². The molecule has 2 aliphatic heterocycles. The van der Waals surface area contributed by atoms with Gasteiger partial charge in [-0.2, -0.15) is 0 Å². The number of hydrogen-bond donors (Lipinski definition) is 4. The van der Waals surface area contributed by atoms with E-state index in [0.717, 1.165) is 62.3 Å². The first-order valence-corrected chi connectivity index (χ1v) is 22.1. The van der Waals surface area contributed by atoms with Gasteiger partial charge in [0.25, 0.3) is 11.6 Å². The summed E-state index contributed by atoms with van der Waals surface area (Å²) >= 11 is 0. The quantitative estimate of drug-likeness (QED) is 0.0717. The number of nitrogens with one attached hydrogen (secondary N) is 2. The number of carbonyl (C=O) groups excluding carboxylic acids is 10. The Bertz CT molecular complexity index is 2220. The third kappa shape index (κ3) is 18.1. The maximum absolute atomic E-state index is 14.3. The van der Waals surface area contributed by atoms with Gasteiger partial charge in [-0.3, -0.25) is 47.9 Å². The molecule has 2 aliphatic rings. The Morgan fingerprint density at radius 2 is 0.945 bits per heavy atom. The van der Waals surface area contributed by atoms with E-state index in [1.54, 1.807) is 30.3 Å². The number of aliphatic carboxylic acids is 2. The summed E-state index contributed by atoms with van der Waals surface area (Å²) < 4.78 is 66.4. The molecule has 1 aromatic rings. The van der Waals surface area contributed by atoms with E-state index in [9.17, 15) is 67.7 Å². The predicted octanol–water partition coefficient (Wildman–Crippen LogP) is -0.935. The van der Waals surface area contributed by atoms with Crippen LogP contribution in [-0.2, 0) is 121 Å². The molecular formula is C45H58N2O26. The average Bonchev–Trinajstić information content (AvgIpc) is 3.27. The summed E-state index contributed by atoms with van der Waals surface area (Å²) in [4.78, 5) is 153. The molecule has 0 radical (unpaired) electrons. The van der Waals surface area contributed by atoms with Gasteiger partial charge >= 0.3 is 59.7 Å². The number of carbonyl (C=O) groups is 12. The normalized spacial score (nSPS) is 25.0. The van der Waals surface area contributed by atoms with Crippen LogP contribution in [0.1, 0.15) is 80.7 Å². The van der Waals surface area contributed by atoms with Crippen LogP contribution in [0.2, 0.25) is 0 Å². The SMILES string of the molecule is CC(=O)N[C@H]1[C@H]([C@H](OC(C)=O)[C@@H](COC(C)=O)OC(C)=O)O[C@@](OCC(=O)N[C@H]2[C@H]([C@H](OC(C)=O)[C@@H](COC(C)=O)OC(C)=O)O[C@@](OCc3ccccc3)(C(=O)O)C[C@@H]2OC(C)=O)(C(=O)O)C[C@@H]1OC(C)=O. The Kier molecular flexibility index (Phi) is 22.2. The van der Waals surface area contributed by atoms with Crippen molar-refractivity contribution in [1.29, 1.82) is 0 Å². The van der Waals surface area contributed by atoms with Crippen LogP contribution in [0.4, 0.5) is 0 Å². The molecule has 2 amide bonds. The second kappa shape index (κ2) is 26.9. The monoisotopic (exact) mass is 1040 g/mol. The second-order valence-corrected chi connectivity index (χ2v) is 16.4. The fraction of sp³-hybridized carbons (Fsp3) is 0.600. The minimum atomic E-state index is -3.16. The molecule has 2 heterocycles. The summed E-state index contributed by atoms with van der Waals surface area (Å²) in [5.74, 6) is -20.5. The van der Waals surface area contributed by atoms with Gasteiger partial charge < -0.3 is 77.7 Å². The zero-order valence-corrected chi connectivity index (χ0v) is 41.1. The van der Waals surface area contributed by atoms with Gasteiger partial charge in [0.2, 0.25) is 11.8 Å². The summed E-state index contributed by atoms with van der Waals surface area (Å²) in [5, 5.41) is 26.4. The van der Waals surface area contributed by atoms with E-state index in [1.807, 2.05) is 0 Å². The maximum atomic E-state index is 14.3. The van der Waals surface area contributed by atoms with E-state index in [1.165, 1.54) is 0 Å². The van der Waals surface area contributed by atoms with Crippen LogP contribution in [0.3, 0.4) is 0 Å². The van der Waals surface area contributed by atoms with Crippen molar-refractivity contribution < 1.29 is 125 Å². The Hall–Kier alpha value is -7.30. The van der Waals surface area contributed by atoms with Crippen molar-refractivity contribution in [2.24, 2.45) is 0 Å². The summed E-state index contributed by atoms with van der Waals surface area (Å²) in [6.45, 7) is 4.75. The van der Waals surface area contributed by atoms with Crippen molar-refractivity contribution >= 4 is 71.5 Å². The van der Waals surface area contributed by atoms with Gasteiger partial charge in [0, 0.05) is 62.3 Å². The topological polar surface area (TPSA) is 380 Å². The largest absolute Gasteiger partial charge is 0.477 e. The van der Waals surface area contributed by atoms with Gasteiger partial charge in [0.05, 0.1) is 31.5 Å². The molecule has 0 aliphatic carbocycles. The van der Waals surface area contributed by atoms with Gasteiger partial charge in [-0.15, -0.1) is 0 Å². The Morgan fingerprint density at radius 1 is 0.548 bits per heavy atom. The molecule has 28 heteroatoms. The number of hydrogen-bond acceptors (Lipinski definition) is 24. The van der Waals surface area contributed by atoms with Crippen LogP contribution in [0.25, 0.3) is 0 Å². The molecule has 3 rings (SSSR count). The predicted molar refractivity (Wildman–Crippen MR) is 233 cm³/mol. The highest BCUT2D eigenvalue weighted by Gasteiger charge is 2.61. The fourth-order valence-electron chi connectivity index (χ4n) is 7.75. The van der Waals surface area contributed by atoms with Gasteiger partial charge in [0.1, 0.15) is 44.2 Å². The Labute approximate surface area is 416 Å². The highest BCUT2D eigenvalue weighted by molar-refractivity contribution is 5.81. The van der Waals surface area contributed by atoms with E-state index < -0.39 is 183 Å². The number of ether oxygens (including phenoxy) is 12. The van der Waals surface area contributed by atoms with E-state index in [4.69, 9.17) is 56.8 Å². The fourth-order valence-corrected chi connectivity index (χ4v) is 7.75. The molecule has 2 fully saturated rings. The smallest absolute Gasteiger partial charge is 0.364 e. The first-order valence-electron chi connectivity index (χ1n) is 22.1. The summed E-state index contributed by atoms with van der Waals surface area (Å²) in [6.07, 6.45) is -17.6. The Balaban J connectivity index is 2.26. The molecule has 1 aromatic carbocycles. The molecule has 73 heavy (non-hydrogen) atoms. The minimum absolute atomic E-state index is 0.411. The second-order valence-electron chi connectivity index (χ2n) is 16.4. The van der Waals surface area contributed by atoms with Crippen molar-refractivity contribution in [3.63, 3.8) is 0 Å². The standard InChI is InChI=1S/C45H58N2O26/c1-21(48)46-36-31(66-24(4)51)15-45(43(60)61,72-40(36)38(70-28(8)55)33(68-26(6)53)18-62-22(2)49)65-20-35(57)47-37-32(67-25(5)52)16-44(42(58)59,64-17-30-13-11-10-12-14-30)73-41(37)39(71-29(9)56)34(69-27(7)54)19-63-23(3)50/h10-14,31-34,36-41H,15-20H2,1-9H3,(H,46,48)(H,47,57)(H,58,59)(H,60,61)/t31-,32-,33+,34+,36+,37+,38+,39+,40+,41+,44+,45+/m0/s1. The average molecular weight is 1040 g/mol. The van der Waals surface area contributed by atoms with Crippen molar-refractivity contribution in [3.8, 4) is 0 Å². The lowest BCUT2D eigenvalue weighted by Crippen LogP contribution is -2.70. The third-order valence-corrected chi connectivity index (χ3v) is 10.4. The Morgan fingerprint density at radius 3 is 1.30 bits per heavy atom. The summed E-state index contributed by atoms with van der Waals surface area (Å²) in [7, 11) is 0. The molecule has 0 saturated carbocycles. The van der Waals surface area contributed by atoms with E-state index >= 15 is 0 Å². The maximum Gasteiger partial charge on any atom is 0.364 e. The lowest BCUT2D eigenvalue weighted by atomic mass is 9.87. The van der Waals surface area contributed by atoms with Crippen LogP contribution in [-0.4, -0.2) is 174 Å². The van der Waals surface area contributed by atoms with Crippen LogP contribution in [0, 0.1) is 0 Å². The molecule has 0 spiro atoms. The zero-order valence-electron chi connectivity index (χ0n) is 41.1. The number of amides is 2. The number of benzene rings is 1. The highest BCUT2D eigenvalue weighted by Crippen LogP contribution is 2.39. The van der Waals surface area contributed by atoms with Crippen molar-refractivity contribution in [3.05, 3.63) is 35.9 Å². The first kappa shape index (κ1) is 60.0. The van der Waals surface area contributed by atoms with Crippen molar-refractivity contribution in [2.75, 3.05) is 19.8 Å². The van der Waals surface area contributed by atoms with Crippen LogP contribution >= 0.6 is 0 Å². The molecule has 0 aromatic heterocycles.